The summed E-state index contributed by atoms with van der Waals surface area (Å²) in [5.74, 6) is -0.509. The smallest absolute Gasteiger partial charge is 0.171 e. The van der Waals surface area contributed by atoms with Crippen LogP contribution < -0.4 is 5.73 Å². The number of amidine groups is 1. The van der Waals surface area contributed by atoms with E-state index >= 15 is 0 Å². The monoisotopic (exact) mass is 268 g/mol. The minimum atomic E-state index is -0.415. The van der Waals surface area contributed by atoms with Crippen LogP contribution in [0.4, 0.5) is 4.39 Å². The molecule has 3 nitrogen and oxygen atoms in total. The molecule has 0 radical (unpaired) electrons. The molecule has 2 aromatic rings. The molecular formula is C11H9FN2OS2. The number of nitrogens with two attached hydrogens (primary N) is 1. The van der Waals surface area contributed by atoms with Crippen molar-refractivity contribution in [2.45, 2.75) is 9.10 Å². The molecule has 0 aliphatic rings. The lowest BCUT2D eigenvalue weighted by Gasteiger charge is -2.06. The zero-order valence-electron chi connectivity index (χ0n) is 8.63. The summed E-state index contributed by atoms with van der Waals surface area (Å²) in [5.41, 5.74) is 5.91. The Bertz CT molecular complexity index is 540. The highest BCUT2D eigenvalue weighted by Gasteiger charge is 2.10. The summed E-state index contributed by atoms with van der Waals surface area (Å²) in [6, 6.07) is 8.11. The number of thiophene rings is 1. The van der Waals surface area contributed by atoms with Crippen molar-refractivity contribution in [2.75, 3.05) is 0 Å². The summed E-state index contributed by atoms with van der Waals surface area (Å²) in [6.07, 6.45) is 0. The highest BCUT2D eigenvalue weighted by Crippen LogP contribution is 2.33. The normalized spacial score (nSPS) is 11.7. The van der Waals surface area contributed by atoms with Crippen molar-refractivity contribution in [2.24, 2.45) is 10.9 Å². The number of rotatable bonds is 3. The number of oxime groups is 1. The van der Waals surface area contributed by atoms with Crippen molar-refractivity contribution in [3.05, 3.63) is 47.1 Å². The van der Waals surface area contributed by atoms with Crippen LogP contribution in [0.5, 0.6) is 0 Å². The topological polar surface area (TPSA) is 58.6 Å². The molecule has 6 heteroatoms. The van der Waals surface area contributed by atoms with Crippen molar-refractivity contribution in [3.63, 3.8) is 0 Å². The van der Waals surface area contributed by atoms with Gasteiger partial charge in [-0.2, -0.15) is 0 Å². The molecule has 1 aromatic carbocycles. The van der Waals surface area contributed by atoms with Gasteiger partial charge in [0.25, 0.3) is 0 Å². The maximum Gasteiger partial charge on any atom is 0.171 e. The Morgan fingerprint density at radius 2 is 2.24 bits per heavy atom. The predicted octanol–water partition coefficient (Wildman–Crippen LogP) is 3.13. The highest BCUT2D eigenvalue weighted by atomic mass is 32.2. The highest BCUT2D eigenvalue weighted by molar-refractivity contribution is 8.01. The molecule has 88 valence electrons. The molecule has 2 rings (SSSR count). The first-order valence-electron chi connectivity index (χ1n) is 4.69. The van der Waals surface area contributed by atoms with Crippen LogP contribution in [0.3, 0.4) is 0 Å². The maximum absolute atomic E-state index is 13.1. The van der Waals surface area contributed by atoms with E-state index in [1.165, 1.54) is 23.9 Å². The fourth-order valence-corrected chi connectivity index (χ4v) is 3.12. The van der Waals surface area contributed by atoms with E-state index in [2.05, 4.69) is 5.16 Å². The zero-order chi connectivity index (χ0) is 12.3. The van der Waals surface area contributed by atoms with Crippen LogP contribution in [-0.2, 0) is 0 Å². The number of benzene rings is 1. The molecule has 0 fully saturated rings. The van der Waals surface area contributed by atoms with Gasteiger partial charge in [-0.05, 0) is 29.6 Å². The second-order valence-corrected chi connectivity index (χ2v) is 5.45. The Hall–Kier alpha value is -1.53. The van der Waals surface area contributed by atoms with Crippen molar-refractivity contribution in [1.29, 1.82) is 0 Å². The zero-order valence-corrected chi connectivity index (χ0v) is 10.3. The first-order valence-corrected chi connectivity index (χ1v) is 6.39. The molecule has 0 unspecified atom stereocenters. The van der Waals surface area contributed by atoms with Gasteiger partial charge in [-0.1, -0.05) is 23.0 Å². The molecule has 0 saturated heterocycles. The van der Waals surface area contributed by atoms with Crippen molar-refractivity contribution < 1.29 is 9.60 Å². The standard InChI is InChI=1S/C11H9FN2OS2/c12-7-3-4-9(8(6-7)11(13)14-15)17-10-2-1-5-16-10/h1-6,15H,(H2,13,14). The third-order valence-corrected chi connectivity index (χ3v) is 4.14. The van der Waals surface area contributed by atoms with Crippen molar-refractivity contribution >= 4 is 28.9 Å². The number of hydrogen-bond acceptors (Lipinski definition) is 4. The van der Waals surface area contributed by atoms with E-state index in [1.54, 1.807) is 17.4 Å². The minimum Gasteiger partial charge on any atom is -0.409 e. The lowest BCUT2D eigenvalue weighted by molar-refractivity contribution is 0.318. The Morgan fingerprint density at radius 3 is 2.88 bits per heavy atom. The summed E-state index contributed by atoms with van der Waals surface area (Å²) in [7, 11) is 0. The summed E-state index contributed by atoms with van der Waals surface area (Å²) >= 11 is 3.03. The molecule has 17 heavy (non-hydrogen) atoms. The van der Waals surface area contributed by atoms with Crippen LogP contribution >= 0.6 is 23.1 Å². The van der Waals surface area contributed by atoms with Crippen LogP contribution in [0.25, 0.3) is 0 Å². The molecule has 0 aliphatic heterocycles. The molecule has 0 aliphatic carbocycles. The average molecular weight is 268 g/mol. The fraction of sp³-hybridized carbons (Fsp3) is 0. The van der Waals surface area contributed by atoms with Crippen LogP contribution in [0.1, 0.15) is 5.56 Å². The molecule has 0 spiro atoms. The first-order chi connectivity index (χ1) is 8.20. The van der Waals surface area contributed by atoms with Gasteiger partial charge in [0.15, 0.2) is 5.84 Å². The second-order valence-electron chi connectivity index (χ2n) is 3.16. The van der Waals surface area contributed by atoms with E-state index in [-0.39, 0.29) is 5.84 Å². The molecule has 0 bridgehead atoms. The van der Waals surface area contributed by atoms with Crippen molar-refractivity contribution in [1.82, 2.24) is 0 Å². The lowest BCUT2D eigenvalue weighted by Crippen LogP contribution is -2.14. The first kappa shape index (κ1) is 11.9. The van der Waals surface area contributed by atoms with E-state index in [0.29, 0.717) is 5.56 Å². The van der Waals surface area contributed by atoms with Gasteiger partial charge in [0.2, 0.25) is 0 Å². The fourth-order valence-electron chi connectivity index (χ4n) is 1.28. The molecule has 0 atom stereocenters. The largest absolute Gasteiger partial charge is 0.409 e. The molecule has 1 heterocycles. The minimum absolute atomic E-state index is 0.0939. The van der Waals surface area contributed by atoms with Gasteiger partial charge >= 0.3 is 0 Å². The number of hydrogen-bond donors (Lipinski definition) is 2. The summed E-state index contributed by atoms with van der Waals surface area (Å²) in [5, 5.41) is 13.5. The summed E-state index contributed by atoms with van der Waals surface area (Å²) in [4.78, 5) is 0.754. The van der Waals surface area contributed by atoms with Gasteiger partial charge in [0.05, 0.1) is 4.21 Å². The SMILES string of the molecule is NC(=NO)c1cc(F)ccc1Sc1cccs1. The van der Waals surface area contributed by atoms with Crippen LogP contribution in [0.2, 0.25) is 0 Å². The second kappa shape index (κ2) is 5.20. The molecule has 3 N–H and O–H groups in total. The van der Waals surface area contributed by atoms with Gasteiger partial charge in [-0.15, -0.1) is 11.3 Å². The summed E-state index contributed by atoms with van der Waals surface area (Å²) in [6.45, 7) is 0. The Balaban J connectivity index is 2.39. The maximum atomic E-state index is 13.1. The van der Waals surface area contributed by atoms with Crippen molar-refractivity contribution in [3.8, 4) is 0 Å². The Morgan fingerprint density at radius 1 is 1.41 bits per heavy atom. The van der Waals surface area contributed by atoms with Crippen LogP contribution in [-0.4, -0.2) is 11.0 Å². The van der Waals surface area contributed by atoms with Gasteiger partial charge in [0.1, 0.15) is 5.82 Å². The van der Waals surface area contributed by atoms with E-state index in [9.17, 15) is 4.39 Å². The van der Waals surface area contributed by atoms with E-state index < -0.39 is 5.82 Å². The quantitative estimate of drug-likeness (QED) is 0.389. The molecule has 1 aromatic heterocycles. The van der Waals surface area contributed by atoms with Crippen LogP contribution in [0.15, 0.2) is 50.0 Å². The molecular weight excluding hydrogens is 259 g/mol. The van der Waals surface area contributed by atoms with Gasteiger partial charge in [-0.25, -0.2) is 4.39 Å². The van der Waals surface area contributed by atoms with Gasteiger partial charge < -0.3 is 10.9 Å². The van der Waals surface area contributed by atoms with E-state index in [0.717, 1.165) is 9.10 Å². The summed E-state index contributed by atoms with van der Waals surface area (Å²) < 4.78 is 14.2. The Kier molecular flexibility index (Phi) is 3.65. The van der Waals surface area contributed by atoms with E-state index in [1.807, 2.05) is 17.5 Å². The molecule has 0 saturated carbocycles. The number of halogens is 1. The Labute approximate surface area is 106 Å². The number of nitrogens with zero attached hydrogens (tertiary/aromatic N) is 1. The lowest BCUT2D eigenvalue weighted by atomic mass is 10.2. The third kappa shape index (κ3) is 2.78. The van der Waals surface area contributed by atoms with Gasteiger partial charge in [-0.3, -0.25) is 0 Å². The van der Waals surface area contributed by atoms with E-state index in [4.69, 9.17) is 10.9 Å². The predicted molar refractivity (Wildman–Crippen MR) is 67.4 cm³/mol. The van der Waals surface area contributed by atoms with Crippen LogP contribution in [0, 0.1) is 5.82 Å². The average Bonchev–Trinajstić information content (AvgIpc) is 2.83. The van der Waals surface area contributed by atoms with Gasteiger partial charge in [0, 0.05) is 10.5 Å². The third-order valence-electron chi connectivity index (χ3n) is 2.03. The molecule has 0 amide bonds.